The van der Waals surface area contributed by atoms with Crippen LogP contribution in [0.5, 0.6) is 0 Å². The molecule has 0 fully saturated rings. The minimum atomic E-state index is -1.41. The first-order chi connectivity index (χ1) is 1.91. The molecule has 0 aromatic heterocycles. The molecule has 0 heterocycles. The second-order valence-corrected chi connectivity index (χ2v) is 0.605. The Morgan fingerprint density at radius 3 is 2.25 bits per heavy atom. The summed E-state index contributed by atoms with van der Waals surface area (Å²) in [6.07, 6.45) is 0. The third-order valence-electron chi connectivity index (χ3n) is 0.0430. The molecule has 0 aliphatic heterocycles. The third kappa shape index (κ3) is 1.78. The normalized spacial score (nSPS) is 5.25. The average molecular weight is 78.1 g/mol. The first-order valence-corrected chi connectivity index (χ1v) is 1.60. The lowest BCUT2D eigenvalue weighted by molar-refractivity contribution is -0.141. The Kier molecular flexibility index (Phi) is 2.62. The van der Waals surface area contributed by atoms with Crippen LogP contribution in [0.3, 0.4) is 0 Å². The Balaban J connectivity index is 2.30. The van der Waals surface area contributed by atoms with Gasteiger partial charge in [0.1, 0.15) is 0 Å². The highest BCUT2D eigenvalue weighted by Gasteiger charge is 1.54. The maximum Gasteiger partial charge on any atom is 0.524 e. The molecule has 0 amide bonds. The van der Waals surface area contributed by atoms with E-state index >= 15 is 0 Å². The second kappa shape index (κ2) is 2.78. The van der Waals surface area contributed by atoms with E-state index in [1.165, 1.54) is 0 Å². The van der Waals surface area contributed by atoms with E-state index in [0.717, 1.165) is 0 Å². The Labute approximate surface area is 25.1 Å². The van der Waals surface area contributed by atoms with Gasteiger partial charge >= 0.3 is 9.65 Å². The predicted molar refractivity (Wildman–Crippen MR) is 11.5 cm³/mol. The summed E-state index contributed by atoms with van der Waals surface area (Å²) >= 11 is 0. The fraction of sp³-hybridized carbons (Fsp3) is 0. The summed E-state index contributed by atoms with van der Waals surface area (Å²) in [5.41, 5.74) is 0. The van der Waals surface area contributed by atoms with Gasteiger partial charge in [-0.25, -0.2) is 5.26 Å². The minimum absolute atomic E-state index is 1.41. The molecule has 0 saturated heterocycles. The molecule has 24 valence electrons. The van der Waals surface area contributed by atoms with Crippen molar-refractivity contribution >= 4 is 9.65 Å². The van der Waals surface area contributed by atoms with E-state index in [-0.39, 0.29) is 0 Å². The monoisotopic (exact) mass is 78.0 g/mol. The van der Waals surface area contributed by atoms with Crippen molar-refractivity contribution in [2.75, 3.05) is 0 Å². The first-order valence-electron chi connectivity index (χ1n) is 0.654. The summed E-state index contributed by atoms with van der Waals surface area (Å²) in [6.45, 7) is 0. The Morgan fingerprint density at radius 2 is 2.25 bits per heavy atom. The van der Waals surface area contributed by atoms with Crippen LogP contribution in [0.2, 0.25) is 0 Å². The topological polar surface area (TPSA) is 46.5 Å². The number of hydrogen-bond donors (Lipinski definition) is 1. The highest BCUT2D eigenvalue weighted by atomic mass is 28.2. The Morgan fingerprint density at radius 1 is 2.00 bits per heavy atom. The maximum atomic E-state index is 8.91. The molecule has 0 spiro atoms. The second-order valence-electron chi connectivity index (χ2n) is 0.202. The van der Waals surface area contributed by atoms with Gasteiger partial charge in [0, 0.05) is 0 Å². The minimum Gasteiger partial charge on any atom is -0.367 e. The van der Waals surface area contributed by atoms with E-state index in [2.05, 4.69) is 4.58 Å². The van der Waals surface area contributed by atoms with E-state index in [4.69, 9.17) is 9.72 Å². The van der Waals surface area contributed by atoms with Crippen LogP contribution in [0, 0.1) is 0 Å². The molecule has 0 aliphatic carbocycles. The molecule has 0 aromatic rings. The standard InChI is InChI=1S/H2O3Si/c1-3-4-2/h1,4H. The molecule has 1 N–H and O–H groups in total. The van der Waals surface area contributed by atoms with E-state index < -0.39 is 9.65 Å². The van der Waals surface area contributed by atoms with Crippen molar-refractivity contribution in [3.63, 3.8) is 0 Å². The van der Waals surface area contributed by atoms with Crippen LogP contribution in [0.25, 0.3) is 0 Å². The van der Waals surface area contributed by atoms with Crippen LogP contribution in [0.4, 0.5) is 0 Å². The molecule has 0 atom stereocenters. The number of rotatable bonds is 1. The SMILES string of the molecule is O=[SiH]OO. The van der Waals surface area contributed by atoms with Crippen LogP contribution in [0.1, 0.15) is 0 Å². The van der Waals surface area contributed by atoms with E-state index in [1.807, 2.05) is 0 Å². The molecule has 0 bridgehead atoms. The van der Waals surface area contributed by atoms with Gasteiger partial charge in [-0.3, -0.25) is 0 Å². The zero-order valence-electron chi connectivity index (χ0n) is 1.84. The van der Waals surface area contributed by atoms with Crippen molar-refractivity contribution in [3.8, 4) is 0 Å². The summed E-state index contributed by atoms with van der Waals surface area (Å²) in [5, 5.41) is 7.10. The lowest BCUT2D eigenvalue weighted by Gasteiger charge is -1.63. The molecule has 0 aliphatic rings. The quantitative estimate of drug-likeness (QED) is 0.253. The van der Waals surface area contributed by atoms with E-state index in [0.29, 0.717) is 0 Å². The van der Waals surface area contributed by atoms with Gasteiger partial charge < -0.3 is 9.04 Å². The van der Waals surface area contributed by atoms with Crippen LogP contribution < -0.4 is 0 Å². The highest BCUT2D eigenvalue weighted by Crippen LogP contribution is 1.31. The van der Waals surface area contributed by atoms with E-state index in [9.17, 15) is 0 Å². The van der Waals surface area contributed by atoms with E-state index in [1.54, 1.807) is 0 Å². The van der Waals surface area contributed by atoms with Gasteiger partial charge in [0.25, 0.3) is 0 Å². The summed E-state index contributed by atoms with van der Waals surface area (Å²) in [4.78, 5) is 0. The molecule has 0 saturated carbocycles. The number of hydrogen-bond acceptors (Lipinski definition) is 3. The molecule has 0 unspecified atom stereocenters. The van der Waals surface area contributed by atoms with Crippen molar-refractivity contribution in [1.29, 1.82) is 0 Å². The van der Waals surface area contributed by atoms with Gasteiger partial charge in [-0.1, -0.05) is 0 Å². The maximum absolute atomic E-state index is 8.91. The molecule has 3 nitrogen and oxygen atoms in total. The van der Waals surface area contributed by atoms with Crippen molar-refractivity contribution in [2.24, 2.45) is 0 Å². The molecule has 0 aromatic carbocycles. The summed E-state index contributed by atoms with van der Waals surface area (Å²) in [6, 6.07) is 0. The predicted octanol–water partition coefficient (Wildman–Crippen LogP) is -0.827. The zero-order chi connectivity index (χ0) is 3.41. The summed E-state index contributed by atoms with van der Waals surface area (Å²) in [7, 11) is -1.41. The largest absolute Gasteiger partial charge is 0.524 e. The average Bonchev–Trinajstić information content (AvgIpc) is 1.37. The molecule has 0 radical (unpaired) electrons. The van der Waals surface area contributed by atoms with Gasteiger partial charge in [0.05, 0.1) is 0 Å². The van der Waals surface area contributed by atoms with Gasteiger partial charge in [-0.05, 0) is 0 Å². The van der Waals surface area contributed by atoms with Crippen molar-refractivity contribution < 1.29 is 14.3 Å². The molecule has 4 heteroatoms. The lowest BCUT2D eigenvalue weighted by atomic mass is 15.0. The highest BCUT2D eigenvalue weighted by molar-refractivity contribution is 6.06. The molecular formula is H2O3Si. The summed E-state index contributed by atoms with van der Waals surface area (Å²) in [5.74, 6) is 0. The first kappa shape index (κ1) is 3.78. The fourth-order valence-corrected chi connectivity index (χ4v) is 0. The molecular weight excluding hydrogens is 76.1 g/mol. The molecule has 4 heavy (non-hydrogen) atoms. The Hall–Kier alpha value is -0.223. The van der Waals surface area contributed by atoms with Gasteiger partial charge in [0.15, 0.2) is 0 Å². The van der Waals surface area contributed by atoms with Crippen LogP contribution in [-0.2, 0) is 9.04 Å². The lowest BCUT2D eigenvalue weighted by Crippen LogP contribution is -1.73. The van der Waals surface area contributed by atoms with Crippen molar-refractivity contribution in [1.82, 2.24) is 0 Å². The fourth-order valence-electron chi connectivity index (χ4n) is 0. The van der Waals surface area contributed by atoms with Crippen LogP contribution in [-0.4, -0.2) is 14.9 Å². The van der Waals surface area contributed by atoms with Crippen molar-refractivity contribution in [2.45, 2.75) is 0 Å². The Bertz CT molecular complexity index is 17.2. The summed E-state index contributed by atoms with van der Waals surface area (Å²) < 4.78 is 12.0. The molecule has 0 rings (SSSR count). The van der Waals surface area contributed by atoms with Crippen molar-refractivity contribution in [3.05, 3.63) is 0 Å². The van der Waals surface area contributed by atoms with Gasteiger partial charge in [-0.15, -0.1) is 0 Å². The van der Waals surface area contributed by atoms with Crippen LogP contribution in [0.15, 0.2) is 0 Å². The van der Waals surface area contributed by atoms with Gasteiger partial charge in [0.2, 0.25) is 0 Å². The smallest absolute Gasteiger partial charge is 0.367 e. The zero-order valence-corrected chi connectivity index (χ0v) is 3.00. The van der Waals surface area contributed by atoms with Crippen LogP contribution >= 0.6 is 0 Å². The third-order valence-corrected chi connectivity index (χ3v) is 0.129. The van der Waals surface area contributed by atoms with Gasteiger partial charge in [-0.2, -0.15) is 0 Å².